The average Bonchev–Trinajstić information content (AvgIpc) is 3.03. The lowest BCUT2D eigenvalue weighted by Crippen LogP contribution is -2.46. The highest BCUT2D eigenvalue weighted by atomic mass is 16.2. The maximum atomic E-state index is 12.9. The zero-order valence-corrected chi connectivity index (χ0v) is 15.3. The topological polar surface area (TPSA) is 40.6 Å². The molecule has 1 aromatic rings. The average molecular weight is 342 g/mol. The lowest BCUT2D eigenvalue weighted by Gasteiger charge is -2.36. The summed E-state index contributed by atoms with van der Waals surface area (Å²) >= 11 is 0. The van der Waals surface area contributed by atoms with Crippen LogP contribution < -0.4 is 0 Å². The van der Waals surface area contributed by atoms with Crippen molar-refractivity contribution in [1.82, 2.24) is 9.80 Å². The van der Waals surface area contributed by atoms with Crippen molar-refractivity contribution in [3.8, 4) is 0 Å². The minimum atomic E-state index is -0.128. The van der Waals surface area contributed by atoms with Crippen LogP contribution in [0.15, 0.2) is 30.3 Å². The molecule has 2 atom stereocenters. The molecule has 2 aliphatic rings. The lowest BCUT2D eigenvalue weighted by molar-refractivity contribution is -0.139. The number of amides is 2. The van der Waals surface area contributed by atoms with E-state index >= 15 is 0 Å². The molecule has 3 rings (SSSR count). The van der Waals surface area contributed by atoms with Gasteiger partial charge in [0.2, 0.25) is 11.8 Å². The number of rotatable bonds is 6. The first kappa shape index (κ1) is 18.0. The van der Waals surface area contributed by atoms with Crippen LogP contribution in [-0.4, -0.2) is 47.3 Å². The summed E-state index contributed by atoms with van der Waals surface area (Å²) in [5, 5.41) is 0. The van der Waals surface area contributed by atoms with Gasteiger partial charge in [0, 0.05) is 32.1 Å². The van der Waals surface area contributed by atoms with Crippen LogP contribution in [0.1, 0.15) is 51.0 Å². The number of benzene rings is 1. The molecular weight excluding hydrogens is 312 g/mol. The predicted octanol–water partition coefficient (Wildman–Crippen LogP) is 3.26. The molecular formula is C21H30N2O2. The molecule has 0 aliphatic carbocycles. The molecule has 2 amide bonds. The molecule has 4 heteroatoms. The number of carbonyl (C=O) groups is 2. The van der Waals surface area contributed by atoms with E-state index in [9.17, 15) is 9.59 Å². The van der Waals surface area contributed by atoms with Gasteiger partial charge in [-0.1, -0.05) is 37.3 Å². The van der Waals surface area contributed by atoms with E-state index in [2.05, 4.69) is 24.0 Å². The number of piperidine rings is 1. The summed E-state index contributed by atoms with van der Waals surface area (Å²) < 4.78 is 0. The summed E-state index contributed by atoms with van der Waals surface area (Å²) in [6.07, 6.45) is 6.79. The molecule has 25 heavy (non-hydrogen) atoms. The minimum absolute atomic E-state index is 0.128. The Morgan fingerprint density at radius 2 is 2.00 bits per heavy atom. The Balaban J connectivity index is 1.50. The molecule has 0 spiro atoms. The fourth-order valence-electron chi connectivity index (χ4n) is 4.22. The first-order valence-electron chi connectivity index (χ1n) is 9.81. The van der Waals surface area contributed by atoms with Crippen LogP contribution in [0.25, 0.3) is 0 Å². The highest BCUT2D eigenvalue weighted by molar-refractivity contribution is 5.89. The Labute approximate surface area is 151 Å². The van der Waals surface area contributed by atoms with E-state index in [0.29, 0.717) is 19.0 Å². The lowest BCUT2D eigenvalue weighted by atomic mass is 9.97. The second kappa shape index (κ2) is 8.50. The van der Waals surface area contributed by atoms with Gasteiger partial charge in [0.05, 0.1) is 5.92 Å². The molecule has 2 saturated heterocycles. The van der Waals surface area contributed by atoms with Gasteiger partial charge in [0.1, 0.15) is 0 Å². The van der Waals surface area contributed by atoms with E-state index in [0.717, 1.165) is 45.2 Å². The summed E-state index contributed by atoms with van der Waals surface area (Å²) in [5.41, 5.74) is 1.31. The number of nitrogens with zero attached hydrogens (tertiary/aromatic N) is 2. The number of aryl methyl sites for hydroxylation is 1. The standard InChI is InChI=1S/C21H30N2O2/c1-2-19-12-6-7-14-23(19)21(25)18-15-20(24)22(16-18)13-8-11-17-9-4-3-5-10-17/h3-5,9-10,18-19H,2,6-8,11-16H2,1H3. The summed E-state index contributed by atoms with van der Waals surface area (Å²) in [6.45, 7) is 4.40. The van der Waals surface area contributed by atoms with Crippen LogP contribution >= 0.6 is 0 Å². The van der Waals surface area contributed by atoms with Gasteiger partial charge in [-0.05, 0) is 44.1 Å². The summed E-state index contributed by atoms with van der Waals surface area (Å²) in [4.78, 5) is 29.2. The van der Waals surface area contributed by atoms with E-state index in [1.54, 1.807) is 0 Å². The highest BCUT2D eigenvalue weighted by Gasteiger charge is 2.38. The molecule has 0 saturated carbocycles. The van der Waals surface area contributed by atoms with Crippen molar-refractivity contribution in [3.05, 3.63) is 35.9 Å². The van der Waals surface area contributed by atoms with Crippen molar-refractivity contribution in [1.29, 1.82) is 0 Å². The Morgan fingerprint density at radius 3 is 2.76 bits per heavy atom. The summed E-state index contributed by atoms with van der Waals surface area (Å²) in [5.74, 6) is 0.235. The van der Waals surface area contributed by atoms with Gasteiger partial charge in [-0.2, -0.15) is 0 Å². The summed E-state index contributed by atoms with van der Waals surface area (Å²) in [6, 6.07) is 10.7. The van der Waals surface area contributed by atoms with Gasteiger partial charge in [-0.25, -0.2) is 0 Å². The fraction of sp³-hybridized carbons (Fsp3) is 0.619. The van der Waals surface area contributed by atoms with Gasteiger partial charge in [-0.15, -0.1) is 0 Å². The van der Waals surface area contributed by atoms with Gasteiger partial charge in [-0.3, -0.25) is 9.59 Å². The molecule has 2 fully saturated rings. The maximum Gasteiger partial charge on any atom is 0.228 e. The van der Waals surface area contributed by atoms with Crippen LogP contribution in [-0.2, 0) is 16.0 Å². The quantitative estimate of drug-likeness (QED) is 0.796. The first-order valence-corrected chi connectivity index (χ1v) is 9.81. The van der Waals surface area contributed by atoms with Crippen LogP contribution in [0.3, 0.4) is 0 Å². The molecule has 4 nitrogen and oxygen atoms in total. The predicted molar refractivity (Wildman–Crippen MR) is 99.1 cm³/mol. The maximum absolute atomic E-state index is 12.9. The molecule has 0 radical (unpaired) electrons. The van der Waals surface area contributed by atoms with E-state index in [1.807, 2.05) is 23.1 Å². The molecule has 1 aromatic carbocycles. The molecule has 0 bridgehead atoms. The van der Waals surface area contributed by atoms with Crippen molar-refractivity contribution >= 4 is 11.8 Å². The Kier molecular flexibility index (Phi) is 6.11. The fourth-order valence-corrected chi connectivity index (χ4v) is 4.22. The number of hydrogen-bond acceptors (Lipinski definition) is 2. The third-order valence-electron chi connectivity index (χ3n) is 5.68. The van der Waals surface area contributed by atoms with Crippen molar-refractivity contribution in [2.24, 2.45) is 5.92 Å². The molecule has 136 valence electrons. The highest BCUT2D eigenvalue weighted by Crippen LogP contribution is 2.26. The van der Waals surface area contributed by atoms with Crippen LogP contribution in [0, 0.1) is 5.92 Å². The van der Waals surface area contributed by atoms with Crippen LogP contribution in [0.4, 0.5) is 0 Å². The van der Waals surface area contributed by atoms with E-state index in [1.165, 1.54) is 12.0 Å². The molecule has 2 unspecified atom stereocenters. The molecule has 2 aliphatic heterocycles. The first-order chi connectivity index (χ1) is 12.2. The second-order valence-electron chi connectivity index (χ2n) is 7.42. The smallest absolute Gasteiger partial charge is 0.228 e. The van der Waals surface area contributed by atoms with Crippen molar-refractivity contribution < 1.29 is 9.59 Å². The third-order valence-corrected chi connectivity index (χ3v) is 5.68. The normalized spacial score (nSPS) is 24.0. The Bertz CT molecular complexity index is 587. The van der Waals surface area contributed by atoms with E-state index < -0.39 is 0 Å². The number of hydrogen-bond donors (Lipinski definition) is 0. The zero-order valence-electron chi connectivity index (χ0n) is 15.3. The van der Waals surface area contributed by atoms with Gasteiger partial charge in [0.25, 0.3) is 0 Å². The minimum Gasteiger partial charge on any atom is -0.342 e. The third kappa shape index (κ3) is 4.42. The Morgan fingerprint density at radius 1 is 1.20 bits per heavy atom. The number of likely N-dealkylation sites (tertiary alicyclic amines) is 2. The van der Waals surface area contributed by atoms with Crippen molar-refractivity contribution in [2.45, 2.75) is 57.9 Å². The summed E-state index contributed by atoms with van der Waals surface area (Å²) in [7, 11) is 0. The second-order valence-corrected chi connectivity index (χ2v) is 7.42. The SMILES string of the molecule is CCC1CCCCN1C(=O)C1CC(=O)N(CCCc2ccccc2)C1. The van der Waals surface area contributed by atoms with Crippen LogP contribution in [0.5, 0.6) is 0 Å². The molecule has 2 heterocycles. The van der Waals surface area contributed by atoms with Gasteiger partial charge >= 0.3 is 0 Å². The van der Waals surface area contributed by atoms with Gasteiger partial charge < -0.3 is 9.80 Å². The number of carbonyl (C=O) groups excluding carboxylic acids is 2. The Hall–Kier alpha value is -1.84. The molecule has 0 aromatic heterocycles. The largest absolute Gasteiger partial charge is 0.342 e. The van der Waals surface area contributed by atoms with Gasteiger partial charge in [0.15, 0.2) is 0 Å². The van der Waals surface area contributed by atoms with E-state index in [4.69, 9.17) is 0 Å². The molecule has 0 N–H and O–H groups in total. The van der Waals surface area contributed by atoms with Crippen molar-refractivity contribution in [3.63, 3.8) is 0 Å². The van der Waals surface area contributed by atoms with Crippen LogP contribution in [0.2, 0.25) is 0 Å². The van der Waals surface area contributed by atoms with E-state index in [-0.39, 0.29) is 17.7 Å². The monoisotopic (exact) mass is 342 g/mol. The zero-order chi connectivity index (χ0) is 17.6. The van der Waals surface area contributed by atoms with Crippen molar-refractivity contribution in [2.75, 3.05) is 19.6 Å².